The van der Waals surface area contributed by atoms with Crippen molar-refractivity contribution in [3.63, 3.8) is 0 Å². The second-order valence-corrected chi connectivity index (χ2v) is 81.5. The molecule has 39 heteroatoms. The number of aromatic nitrogens is 3. The van der Waals surface area contributed by atoms with Gasteiger partial charge in [0.1, 0.15) is 0 Å². The Morgan fingerprint density at radius 1 is 0.298 bits per heavy atom. The van der Waals surface area contributed by atoms with Gasteiger partial charge in [-0.15, -0.1) is 0 Å². The molecule has 3 N–H and O–H groups in total. The molecule has 507 valence electrons. The molecule has 3 radical (unpaired) electrons. The molecule has 30 heterocycles. The Bertz CT molecular complexity index is 7760. The van der Waals surface area contributed by atoms with Crippen LogP contribution >= 0.6 is 38.0 Å². The molecule has 6 nitrogen and oxygen atoms in total. The molecular weight excluding hydrogens is 1460 g/mol. The summed E-state index contributed by atoms with van der Waals surface area (Å²) in [5.41, 5.74) is 37.0. The number of nitrogens with zero attached hydrogens (tertiary/aromatic N) is 3. The Balaban J connectivity index is 0.0000000779. The van der Waals surface area contributed by atoms with Gasteiger partial charge in [0, 0.05) is 0 Å². The molecule has 12 aromatic carbocycles. The first-order chi connectivity index (χ1) is 56.1. The van der Waals surface area contributed by atoms with Crippen LogP contribution in [0, 0.1) is 0 Å². The molecule has 0 atom stereocenters. The fourth-order valence-electron chi connectivity index (χ4n) is 38.0. The standard InChI is InChI=1S/3C25H20B9N2P2/c1-3-9-18-15(7-1)13-16-14-22(37(30-26-31(37)34(30)37)35-38-27-32(38)33(38)28-38)23-17-8-2-5-11-20(17)36-21-12-6-4-10-19(21)29(18)24(16)25(23)36;1-3-9-19-15(7-1)13-18-23(37(30-26-31(37)34(30)37)35-38-27-32(38)33(38)28-38)14-17-16-8-2-5-11-21(16)36-22-12-6-4-10-20(22)29(19)24(18)25(17)36;1-3-9-21-16(6-1)17-13-12-15-14-18-19(29-20-7-2-4-10-22(20)36(21)25(17)24(15)29)8-5-11-23(18)37(30-26-31(37)34(30)37)35-38-27-32(38)33(38)28-38/h2*1-12,14,35H,13,26-27H2;1-13,35H,14,26-27H2/q3*-2. The van der Waals surface area contributed by atoms with Gasteiger partial charge in [0.25, 0.3) is 0 Å². The summed E-state index contributed by atoms with van der Waals surface area (Å²) < 4.78 is 7.95. The van der Waals surface area contributed by atoms with Crippen molar-refractivity contribution in [3.8, 4) is 17.1 Å². The van der Waals surface area contributed by atoms with Crippen LogP contribution in [0.2, 0.25) is 0 Å². The number of nitrogens with one attached hydrogen (secondary N) is 3. The molecule has 27 aliphatic rings. The van der Waals surface area contributed by atoms with Gasteiger partial charge in [-0.3, -0.25) is 0 Å². The van der Waals surface area contributed by atoms with E-state index in [0.29, 0.717) is 62.0 Å². The van der Waals surface area contributed by atoms with Gasteiger partial charge in [-0.25, -0.2) is 0 Å². The minimum absolute atomic E-state index is 0.301. The quantitative estimate of drug-likeness (QED) is 0.134. The average molecular weight is 1520 g/mol. The Labute approximate surface area is 673 Å². The molecule has 114 heavy (non-hydrogen) atoms. The fourth-order valence-corrected chi connectivity index (χ4v) is 114. The molecule has 27 aliphatic heterocycles. The Morgan fingerprint density at radius 2 is 0.702 bits per heavy atom. The predicted octanol–water partition coefficient (Wildman–Crippen LogP) is -0.594. The van der Waals surface area contributed by atoms with E-state index in [1.54, 1.807) is 77.0 Å². The van der Waals surface area contributed by atoms with Crippen LogP contribution < -0.4 is 79.7 Å². The van der Waals surface area contributed by atoms with E-state index >= 15 is 0 Å². The van der Waals surface area contributed by atoms with Crippen LogP contribution in [0.15, 0.2) is 237 Å². The van der Waals surface area contributed by atoms with Crippen LogP contribution in [-0.4, -0.2) is 190 Å². The van der Waals surface area contributed by atoms with Crippen LogP contribution in [0.5, 0.6) is 0 Å². The first-order valence-corrected chi connectivity index (χ1v) is 61.9. The van der Waals surface area contributed by atoms with Crippen molar-refractivity contribution in [1.82, 2.24) is 28.3 Å². The summed E-state index contributed by atoms with van der Waals surface area (Å²) in [6, 6.07) is 92.9. The third-order valence-corrected chi connectivity index (χ3v) is 98.2. The van der Waals surface area contributed by atoms with Gasteiger partial charge in [-0.05, 0) is 0 Å². The third kappa shape index (κ3) is 5.30. The van der Waals surface area contributed by atoms with Crippen molar-refractivity contribution in [2.75, 3.05) is 0 Å². The molecule has 0 amide bonds. The molecule has 15 aromatic rings. The Hall–Kier alpha value is -5.75. The van der Waals surface area contributed by atoms with E-state index in [1.807, 2.05) is 15.9 Å². The van der Waals surface area contributed by atoms with Crippen LogP contribution in [0.3, 0.4) is 0 Å². The van der Waals surface area contributed by atoms with Crippen molar-refractivity contribution in [2.24, 2.45) is 0 Å². The zero-order valence-corrected chi connectivity index (χ0v) is 70.2. The predicted molar refractivity (Wildman–Crippen MR) is 549 cm³/mol. The molecule has 6 bridgehead atoms. The van der Waals surface area contributed by atoms with Crippen molar-refractivity contribution in [2.45, 2.75) is 19.3 Å². The number of benzene rings is 12. The number of para-hydroxylation sites is 6. The average Bonchev–Trinajstić information content (AvgIpc) is 1.34. The van der Waals surface area contributed by atoms with Gasteiger partial charge in [0.15, 0.2) is 0 Å². The maximum absolute atomic E-state index is 4.94. The summed E-state index contributed by atoms with van der Waals surface area (Å²) in [6.07, 6.45) is 11.5. The summed E-state index contributed by atoms with van der Waals surface area (Å²) in [5, 5.41) is 14.8. The topological polar surface area (TPSA) is 50.9 Å². The molecular formula is C75H60B27N6P6-6. The normalized spacial score (nSPS) is 27.3. The molecule has 3 aromatic heterocycles. The minimum atomic E-state index is -1.90. The van der Waals surface area contributed by atoms with Crippen LogP contribution in [0.25, 0.3) is 82.5 Å². The van der Waals surface area contributed by atoms with E-state index in [1.165, 1.54) is 132 Å². The Kier molecular flexibility index (Phi) is 8.70. The molecule has 42 rings (SSSR count). The van der Waals surface area contributed by atoms with E-state index in [9.17, 15) is 0 Å². The van der Waals surface area contributed by atoms with Gasteiger partial charge in [-0.2, -0.15) is 0 Å². The fraction of sp³-hybridized carbons (Fsp3) is 0.0400. The van der Waals surface area contributed by atoms with Crippen LogP contribution in [0.4, 0.5) is 0 Å². The molecule has 21 saturated heterocycles. The van der Waals surface area contributed by atoms with Crippen LogP contribution in [0.1, 0.15) is 33.4 Å². The molecule has 3 spiro atoms. The number of hydrogen-bond donors (Lipinski definition) is 3. The zero-order valence-electron chi connectivity index (χ0n) is 64.8. The van der Waals surface area contributed by atoms with E-state index < -0.39 is 38.0 Å². The van der Waals surface area contributed by atoms with Crippen molar-refractivity contribution in [3.05, 3.63) is 270 Å². The molecule has 0 aliphatic carbocycles. The summed E-state index contributed by atoms with van der Waals surface area (Å²) in [7, 11) is 0.949. The SMILES string of the molecule is [B]1B2B3[BH2-]P123NP12(c3cc4c5c6c3c3ccccc3n6-c3ccccc3B5c3ccccc3C4)B3[BH2-]B1B32.[B]1B2B3[BH2-]P123NP12(c3cc4c5ccccc5n5c4c4c3Cc3ccccc3B4c3ccccc3-5)B3[BH2-]B1B32.[B]1B2B3[BH2-]P123NP12(c3cccc4c3Cc3ccc5c6ccccc6n6c5c3B4c3ccccc3-6)B3[BH2-]B1B32. The third-order valence-electron chi connectivity index (χ3n) is 44.5. The number of rotatable bonds is 9. The molecule has 0 unspecified atom stereocenters. The van der Waals surface area contributed by atoms with Gasteiger partial charge in [-0.1, -0.05) is 0 Å². The number of hydrogen-bond acceptors (Lipinski definition) is 3. The first-order valence-electron chi connectivity index (χ1n) is 45.9. The second kappa shape index (κ2) is 16.6. The van der Waals surface area contributed by atoms with E-state index in [4.69, 9.17) is 14.6 Å². The van der Waals surface area contributed by atoms with Crippen molar-refractivity contribution >= 4 is 344 Å². The van der Waals surface area contributed by atoms with Crippen molar-refractivity contribution < 1.29 is 0 Å². The molecule has 21 fully saturated rings. The first kappa shape index (κ1) is 59.8. The van der Waals surface area contributed by atoms with Crippen molar-refractivity contribution in [1.29, 1.82) is 0 Å². The van der Waals surface area contributed by atoms with Gasteiger partial charge in [0.2, 0.25) is 0 Å². The van der Waals surface area contributed by atoms with Gasteiger partial charge < -0.3 is 0 Å². The summed E-state index contributed by atoms with van der Waals surface area (Å²) in [6.45, 7) is 10.9. The second-order valence-electron chi connectivity index (χ2n) is 45.3. The summed E-state index contributed by atoms with van der Waals surface area (Å²) in [5.74, 6) is 0. The van der Waals surface area contributed by atoms with Gasteiger partial charge in [0.05, 0.1) is 0 Å². The summed E-state index contributed by atoms with van der Waals surface area (Å²) in [4.78, 5) is 14.8. The van der Waals surface area contributed by atoms with E-state index in [-0.39, 0.29) is 0 Å². The van der Waals surface area contributed by atoms with Gasteiger partial charge >= 0.3 is 679 Å². The van der Waals surface area contributed by atoms with E-state index in [2.05, 4.69) is 271 Å². The monoisotopic (exact) mass is 1530 g/mol. The number of fused-ring (bicyclic) bond motifs is 27. The molecule has 0 saturated carbocycles. The van der Waals surface area contributed by atoms with E-state index in [0.717, 1.165) is 69.0 Å². The summed E-state index contributed by atoms with van der Waals surface area (Å²) >= 11 is 0. The zero-order chi connectivity index (χ0) is 72.0. The van der Waals surface area contributed by atoms with Crippen LogP contribution in [-0.2, 0) is 19.3 Å². The Morgan fingerprint density at radius 3 is 1.22 bits per heavy atom. The maximum atomic E-state index is 4.94.